The highest BCUT2D eigenvalue weighted by Crippen LogP contribution is 2.32. The lowest BCUT2D eigenvalue weighted by atomic mass is 10.0. The molecule has 0 radical (unpaired) electrons. The number of halogens is 3. The summed E-state index contributed by atoms with van der Waals surface area (Å²) in [4.78, 5) is 13.3. The molecular formula is C24H19F3N4OS2. The van der Waals surface area contributed by atoms with Gasteiger partial charge in [0.05, 0.1) is 11.1 Å². The van der Waals surface area contributed by atoms with Crippen LogP contribution in [0.25, 0.3) is 16.0 Å². The molecule has 34 heavy (non-hydrogen) atoms. The van der Waals surface area contributed by atoms with Gasteiger partial charge in [-0.15, -0.1) is 21.5 Å². The van der Waals surface area contributed by atoms with Gasteiger partial charge in [0.15, 0.2) is 5.16 Å². The first kappa shape index (κ1) is 22.7. The normalized spacial score (nSPS) is 13.1. The molecule has 0 aliphatic rings. The molecule has 5 aromatic rings. The number of thioether (sulfide) groups is 1. The van der Waals surface area contributed by atoms with Crippen molar-refractivity contribution in [1.82, 2.24) is 19.2 Å². The summed E-state index contributed by atoms with van der Waals surface area (Å²) in [5.41, 5.74) is 1.54. The maximum absolute atomic E-state index is 13.3. The minimum absolute atomic E-state index is 0.0676. The van der Waals surface area contributed by atoms with Crippen molar-refractivity contribution >= 4 is 39.1 Å². The number of hydrogen-bond acceptors (Lipinski definition) is 5. The molecule has 0 N–H and O–H groups in total. The molecule has 3 heterocycles. The molecule has 0 saturated carbocycles. The van der Waals surface area contributed by atoms with Gasteiger partial charge < -0.3 is 0 Å². The summed E-state index contributed by atoms with van der Waals surface area (Å²) >= 11 is 2.64. The standard InChI is InChI=1S/C24H19F3N4OS2/c1-15(17-7-3-2-4-8-17)13-30-21(32)20-19(10-11-33-20)31-22(30)28-29-23(31)34-14-16-6-5-9-18(12-16)24(25,26)27/h2-12,15H,13-14H2,1H3/t15-/m0/s1. The second-order valence-electron chi connectivity index (χ2n) is 7.97. The lowest BCUT2D eigenvalue weighted by Crippen LogP contribution is -2.24. The van der Waals surface area contributed by atoms with Crippen LogP contribution in [-0.2, 0) is 18.5 Å². The smallest absolute Gasteiger partial charge is 0.275 e. The topological polar surface area (TPSA) is 52.2 Å². The number of thiophene rings is 1. The van der Waals surface area contributed by atoms with E-state index in [1.54, 1.807) is 10.6 Å². The fourth-order valence-electron chi connectivity index (χ4n) is 3.90. The highest BCUT2D eigenvalue weighted by atomic mass is 32.2. The zero-order valence-corrected chi connectivity index (χ0v) is 19.6. The Morgan fingerprint density at radius 3 is 2.62 bits per heavy atom. The van der Waals surface area contributed by atoms with Crippen molar-refractivity contribution in [2.24, 2.45) is 0 Å². The zero-order chi connectivity index (χ0) is 23.9. The summed E-state index contributed by atoms with van der Waals surface area (Å²) in [6, 6.07) is 17.0. The molecule has 5 rings (SSSR count). The largest absolute Gasteiger partial charge is 0.416 e. The molecular weight excluding hydrogens is 481 g/mol. The summed E-state index contributed by atoms with van der Waals surface area (Å²) < 4.78 is 43.3. The summed E-state index contributed by atoms with van der Waals surface area (Å²) in [5.74, 6) is 0.777. The number of benzene rings is 2. The van der Waals surface area contributed by atoms with Crippen LogP contribution in [-0.4, -0.2) is 19.2 Å². The maximum Gasteiger partial charge on any atom is 0.416 e. The fourth-order valence-corrected chi connectivity index (χ4v) is 5.61. The van der Waals surface area contributed by atoms with Crippen LogP contribution in [0.15, 0.2) is 76.0 Å². The van der Waals surface area contributed by atoms with Gasteiger partial charge in [0.1, 0.15) is 4.70 Å². The Hall–Kier alpha value is -3.11. The average molecular weight is 501 g/mol. The van der Waals surface area contributed by atoms with E-state index in [0.29, 0.717) is 33.3 Å². The molecule has 0 amide bonds. The molecule has 5 nitrogen and oxygen atoms in total. The lowest BCUT2D eigenvalue weighted by molar-refractivity contribution is -0.137. The van der Waals surface area contributed by atoms with E-state index >= 15 is 0 Å². The molecule has 0 bridgehead atoms. The predicted molar refractivity (Wildman–Crippen MR) is 128 cm³/mol. The molecule has 0 aliphatic heterocycles. The van der Waals surface area contributed by atoms with Crippen molar-refractivity contribution in [3.63, 3.8) is 0 Å². The molecule has 0 aliphatic carbocycles. The van der Waals surface area contributed by atoms with E-state index < -0.39 is 11.7 Å². The van der Waals surface area contributed by atoms with E-state index in [9.17, 15) is 18.0 Å². The number of aromatic nitrogens is 4. The van der Waals surface area contributed by atoms with Crippen LogP contribution in [0, 0.1) is 0 Å². The summed E-state index contributed by atoms with van der Waals surface area (Å²) in [7, 11) is 0. The Morgan fingerprint density at radius 2 is 1.85 bits per heavy atom. The summed E-state index contributed by atoms with van der Waals surface area (Å²) in [6.45, 7) is 2.48. The summed E-state index contributed by atoms with van der Waals surface area (Å²) in [5, 5.41) is 11.0. The fraction of sp³-hybridized carbons (Fsp3) is 0.208. The van der Waals surface area contributed by atoms with Crippen LogP contribution < -0.4 is 5.56 Å². The van der Waals surface area contributed by atoms with Gasteiger partial charge in [0, 0.05) is 12.3 Å². The van der Waals surface area contributed by atoms with Crippen LogP contribution in [0.5, 0.6) is 0 Å². The lowest BCUT2D eigenvalue weighted by Gasteiger charge is -2.15. The third-order valence-electron chi connectivity index (χ3n) is 5.63. The Labute approximate surface area is 200 Å². The third-order valence-corrected chi connectivity index (χ3v) is 7.52. The molecule has 0 saturated heterocycles. The Morgan fingerprint density at radius 1 is 1.06 bits per heavy atom. The van der Waals surface area contributed by atoms with Gasteiger partial charge in [-0.1, -0.05) is 67.2 Å². The Bertz CT molecular complexity index is 1520. The maximum atomic E-state index is 13.3. The van der Waals surface area contributed by atoms with Crippen molar-refractivity contribution < 1.29 is 13.2 Å². The Kier molecular flexibility index (Phi) is 5.95. The average Bonchev–Trinajstić information content (AvgIpc) is 3.48. The van der Waals surface area contributed by atoms with E-state index in [0.717, 1.165) is 17.7 Å². The second kappa shape index (κ2) is 8.92. The first-order chi connectivity index (χ1) is 16.3. The van der Waals surface area contributed by atoms with Gasteiger partial charge >= 0.3 is 6.18 Å². The van der Waals surface area contributed by atoms with Crippen LogP contribution in [0.2, 0.25) is 0 Å². The van der Waals surface area contributed by atoms with E-state index in [1.165, 1.54) is 29.2 Å². The quantitative estimate of drug-likeness (QED) is 0.260. The molecule has 0 spiro atoms. The molecule has 174 valence electrons. The predicted octanol–water partition coefficient (Wildman–Crippen LogP) is 6.22. The van der Waals surface area contributed by atoms with Crippen LogP contribution in [0.3, 0.4) is 0 Å². The second-order valence-corrected chi connectivity index (χ2v) is 9.83. The number of fused-ring (bicyclic) bond motifs is 3. The van der Waals surface area contributed by atoms with Crippen molar-refractivity contribution in [2.75, 3.05) is 0 Å². The molecule has 1 atom stereocenters. The molecule has 0 fully saturated rings. The number of nitrogens with zero attached hydrogens (tertiary/aromatic N) is 4. The monoisotopic (exact) mass is 500 g/mol. The minimum atomic E-state index is -4.39. The first-order valence-electron chi connectivity index (χ1n) is 10.5. The highest BCUT2D eigenvalue weighted by Gasteiger charge is 2.30. The van der Waals surface area contributed by atoms with Crippen LogP contribution >= 0.6 is 23.1 Å². The molecule has 2 aromatic carbocycles. The van der Waals surface area contributed by atoms with E-state index in [1.807, 2.05) is 46.2 Å². The van der Waals surface area contributed by atoms with Gasteiger partial charge in [-0.3, -0.25) is 13.8 Å². The molecule has 3 aromatic heterocycles. The van der Waals surface area contributed by atoms with Crippen molar-refractivity contribution in [2.45, 2.75) is 36.5 Å². The van der Waals surface area contributed by atoms with Crippen LogP contribution in [0.4, 0.5) is 13.2 Å². The number of hydrogen-bond donors (Lipinski definition) is 0. The SMILES string of the molecule is C[C@@H](Cn1c(=O)c2sccc2n2c(SCc3cccc(C(F)(F)F)c3)nnc12)c1ccccc1. The third kappa shape index (κ3) is 4.23. The van der Waals surface area contributed by atoms with E-state index in [-0.39, 0.29) is 17.2 Å². The van der Waals surface area contributed by atoms with Crippen LogP contribution in [0.1, 0.15) is 29.5 Å². The zero-order valence-electron chi connectivity index (χ0n) is 18.0. The van der Waals surface area contributed by atoms with Gasteiger partial charge in [0.25, 0.3) is 5.56 Å². The molecule has 0 unspecified atom stereocenters. The minimum Gasteiger partial charge on any atom is -0.275 e. The molecule has 10 heteroatoms. The summed E-state index contributed by atoms with van der Waals surface area (Å²) in [6.07, 6.45) is -4.39. The highest BCUT2D eigenvalue weighted by molar-refractivity contribution is 7.98. The number of rotatable bonds is 6. The first-order valence-corrected chi connectivity index (χ1v) is 12.4. The van der Waals surface area contributed by atoms with Crippen molar-refractivity contribution in [3.05, 3.63) is 93.1 Å². The van der Waals surface area contributed by atoms with E-state index in [2.05, 4.69) is 17.1 Å². The van der Waals surface area contributed by atoms with Gasteiger partial charge in [0.2, 0.25) is 5.78 Å². The van der Waals surface area contributed by atoms with Gasteiger partial charge in [-0.05, 0) is 34.6 Å². The van der Waals surface area contributed by atoms with Gasteiger partial charge in [-0.2, -0.15) is 13.2 Å². The Balaban J connectivity index is 1.52. The van der Waals surface area contributed by atoms with Crippen molar-refractivity contribution in [1.29, 1.82) is 0 Å². The van der Waals surface area contributed by atoms with Crippen molar-refractivity contribution in [3.8, 4) is 0 Å². The van der Waals surface area contributed by atoms with E-state index in [4.69, 9.17) is 0 Å². The van der Waals surface area contributed by atoms with Gasteiger partial charge in [-0.25, -0.2) is 0 Å². The number of alkyl halides is 3.